The van der Waals surface area contributed by atoms with Crippen molar-refractivity contribution in [2.75, 3.05) is 13.1 Å². The maximum atomic E-state index is 12.9. The van der Waals surface area contributed by atoms with E-state index >= 15 is 0 Å². The highest BCUT2D eigenvalue weighted by atomic mass is 79.9. The van der Waals surface area contributed by atoms with E-state index in [4.69, 9.17) is 0 Å². The van der Waals surface area contributed by atoms with Crippen LogP contribution < -0.4 is 5.32 Å². The first-order valence-corrected chi connectivity index (χ1v) is 11.9. The van der Waals surface area contributed by atoms with Crippen molar-refractivity contribution in [1.29, 1.82) is 0 Å². The average Bonchev–Trinajstić information content (AvgIpc) is 3.08. The van der Waals surface area contributed by atoms with Crippen molar-refractivity contribution in [1.82, 2.24) is 9.62 Å². The SMILES string of the molecule is Cc1ccccc1CNC(=O)[C@@]1(C)CCCN(S(=O)(=O)c2ccc(Br)s2)C1. The van der Waals surface area contributed by atoms with Crippen LogP contribution in [0.25, 0.3) is 0 Å². The summed E-state index contributed by atoms with van der Waals surface area (Å²) < 4.78 is 28.4. The van der Waals surface area contributed by atoms with Crippen LogP contribution in [-0.4, -0.2) is 31.7 Å². The number of amides is 1. The van der Waals surface area contributed by atoms with Crippen molar-refractivity contribution in [2.45, 2.75) is 37.4 Å². The summed E-state index contributed by atoms with van der Waals surface area (Å²) in [6.07, 6.45) is 1.34. The van der Waals surface area contributed by atoms with Gasteiger partial charge in [-0.25, -0.2) is 8.42 Å². The fourth-order valence-corrected chi connectivity index (χ4v) is 7.11. The number of carbonyl (C=O) groups excluding carboxylic acids is 1. The van der Waals surface area contributed by atoms with E-state index in [1.807, 2.05) is 38.1 Å². The molecule has 1 saturated heterocycles. The first-order valence-electron chi connectivity index (χ1n) is 8.81. The van der Waals surface area contributed by atoms with Crippen LogP contribution in [0.3, 0.4) is 0 Å². The van der Waals surface area contributed by atoms with Crippen LogP contribution in [0.5, 0.6) is 0 Å². The van der Waals surface area contributed by atoms with Crippen LogP contribution in [0.2, 0.25) is 0 Å². The van der Waals surface area contributed by atoms with Crippen LogP contribution in [0.1, 0.15) is 30.9 Å². The van der Waals surface area contributed by atoms with Gasteiger partial charge in [-0.1, -0.05) is 24.3 Å². The number of piperidine rings is 1. The summed E-state index contributed by atoms with van der Waals surface area (Å²) in [4.78, 5) is 12.9. The summed E-state index contributed by atoms with van der Waals surface area (Å²) in [6, 6.07) is 11.3. The molecule has 27 heavy (non-hydrogen) atoms. The first-order chi connectivity index (χ1) is 12.7. The number of nitrogens with one attached hydrogen (secondary N) is 1. The predicted octanol–water partition coefficient (Wildman–Crippen LogP) is 3.93. The Morgan fingerprint density at radius 3 is 2.70 bits per heavy atom. The van der Waals surface area contributed by atoms with Crippen molar-refractivity contribution >= 4 is 43.2 Å². The van der Waals surface area contributed by atoms with Crippen molar-refractivity contribution in [3.05, 3.63) is 51.3 Å². The van der Waals surface area contributed by atoms with E-state index in [0.717, 1.165) is 14.9 Å². The molecule has 0 bridgehead atoms. The topological polar surface area (TPSA) is 66.5 Å². The van der Waals surface area contributed by atoms with Crippen LogP contribution in [0, 0.1) is 12.3 Å². The number of rotatable bonds is 5. The van der Waals surface area contributed by atoms with E-state index in [-0.39, 0.29) is 12.5 Å². The van der Waals surface area contributed by atoms with Crippen LogP contribution >= 0.6 is 27.3 Å². The van der Waals surface area contributed by atoms with E-state index < -0.39 is 15.4 Å². The molecule has 0 radical (unpaired) electrons. The zero-order valence-electron chi connectivity index (χ0n) is 15.4. The molecule has 2 aromatic rings. The number of halogens is 1. The molecule has 0 spiro atoms. The van der Waals surface area contributed by atoms with Crippen molar-refractivity contribution in [3.8, 4) is 0 Å². The average molecular weight is 471 g/mol. The number of aryl methyl sites for hydroxylation is 1. The molecule has 1 aliphatic rings. The summed E-state index contributed by atoms with van der Waals surface area (Å²) in [5, 5.41) is 3.00. The lowest BCUT2D eigenvalue weighted by Gasteiger charge is -2.38. The van der Waals surface area contributed by atoms with Gasteiger partial charge < -0.3 is 5.32 Å². The van der Waals surface area contributed by atoms with E-state index in [9.17, 15) is 13.2 Å². The fourth-order valence-electron chi connectivity index (χ4n) is 3.34. The number of carbonyl (C=O) groups is 1. The maximum absolute atomic E-state index is 12.9. The molecule has 1 fully saturated rings. The molecule has 1 atom stereocenters. The third-order valence-electron chi connectivity index (χ3n) is 5.05. The summed E-state index contributed by atoms with van der Waals surface area (Å²) in [6.45, 7) is 4.96. The molecule has 1 aromatic heterocycles. The molecule has 3 rings (SSSR count). The smallest absolute Gasteiger partial charge is 0.252 e. The summed E-state index contributed by atoms with van der Waals surface area (Å²) in [7, 11) is -3.58. The monoisotopic (exact) mass is 470 g/mol. The Morgan fingerprint density at radius 2 is 2.04 bits per heavy atom. The van der Waals surface area contributed by atoms with Crippen molar-refractivity contribution in [2.24, 2.45) is 5.41 Å². The maximum Gasteiger partial charge on any atom is 0.252 e. The van der Waals surface area contributed by atoms with Gasteiger partial charge in [0.25, 0.3) is 10.0 Å². The zero-order chi connectivity index (χ0) is 19.7. The highest BCUT2D eigenvalue weighted by molar-refractivity contribution is 9.11. The highest BCUT2D eigenvalue weighted by Gasteiger charge is 2.42. The molecule has 8 heteroatoms. The Bertz CT molecular complexity index is 942. The number of hydrogen-bond donors (Lipinski definition) is 1. The van der Waals surface area contributed by atoms with Crippen molar-refractivity contribution < 1.29 is 13.2 Å². The molecule has 0 aliphatic carbocycles. The predicted molar refractivity (Wildman–Crippen MR) is 111 cm³/mol. The largest absolute Gasteiger partial charge is 0.352 e. The van der Waals surface area contributed by atoms with E-state index in [1.54, 1.807) is 12.1 Å². The van der Waals surface area contributed by atoms with Gasteiger partial charge in [-0.05, 0) is 65.9 Å². The molecule has 1 aliphatic heterocycles. The standard InChI is InChI=1S/C19H23BrN2O3S2/c1-14-6-3-4-7-15(14)12-21-18(23)19(2)10-5-11-22(13-19)27(24,25)17-9-8-16(20)26-17/h3-4,6-9H,5,10-13H2,1-2H3,(H,21,23)/t19-/m0/s1. The molecule has 0 saturated carbocycles. The molecular formula is C19H23BrN2O3S2. The van der Waals surface area contributed by atoms with Gasteiger partial charge in [-0.2, -0.15) is 4.31 Å². The van der Waals surface area contributed by atoms with Gasteiger partial charge in [-0.15, -0.1) is 11.3 Å². The molecule has 146 valence electrons. The van der Waals surface area contributed by atoms with E-state index in [1.165, 1.54) is 15.6 Å². The Morgan fingerprint density at radius 1 is 1.30 bits per heavy atom. The number of hydrogen-bond acceptors (Lipinski definition) is 4. The second kappa shape index (κ2) is 8.03. The van der Waals surface area contributed by atoms with E-state index in [0.29, 0.717) is 30.1 Å². The lowest BCUT2D eigenvalue weighted by Crippen LogP contribution is -2.51. The number of nitrogens with zero attached hydrogens (tertiary/aromatic N) is 1. The summed E-state index contributed by atoms with van der Waals surface area (Å²) >= 11 is 4.51. The quantitative estimate of drug-likeness (QED) is 0.719. The summed E-state index contributed by atoms with van der Waals surface area (Å²) in [5.41, 5.74) is 1.46. The van der Waals surface area contributed by atoms with Crippen LogP contribution in [-0.2, 0) is 21.4 Å². The zero-order valence-corrected chi connectivity index (χ0v) is 18.6. The molecular weight excluding hydrogens is 448 g/mol. The van der Waals surface area contributed by atoms with Crippen LogP contribution in [0.15, 0.2) is 44.4 Å². The first kappa shape index (κ1) is 20.5. The minimum atomic E-state index is -3.58. The lowest BCUT2D eigenvalue weighted by molar-refractivity contribution is -0.132. The fraction of sp³-hybridized carbons (Fsp3) is 0.421. The van der Waals surface area contributed by atoms with Gasteiger partial charge in [-0.3, -0.25) is 4.79 Å². The minimum absolute atomic E-state index is 0.0991. The molecule has 2 heterocycles. The highest BCUT2D eigenvalue weighted by Crippen LogP contribution is 2.35. The molecule has 1 aromatic carbocycles. The Kier molecular flexibility index (Phi) is 6.10. The third-order valence-corrected chi connectivity index (χ3v) is 8.99. The molecule has 0 unspecified atom stereocenters. The van der Waals surface area contributed by atoms with Gasteiger partial charge in [0.1, 0.15) is 4.21 Å². The minimum Gasteiger partial charge on any atom is -0.352 e. The molecule has 1 N–H and O–H groups in total. The lowest BCUT2D eigenvalue weighted by atomic mass is 9.82. The van der Waals surface area contributed by atoms with Crippen molar-refractivity contribution in [3.63, 3.8) is 0 Å². The third kappa shape index (κ3) is 4.45. The van der Waals surface area contributed by atoms with E-state index in [2.05, 4.69) is 21.2 Å². The number of sulfonamides is 1. The Labute approximate surface area is 173 Å². The number of thiophene rings is 1. The van der Waals surface area contributed by atoms with Gasteiger partial charge in [0.15, 0.2) is 0 Å². The van der Waals surface area contributed by atoms with Crippen LogP contribution in [0.4, 0.5) is 0 Å². The molecule has 5 nitrogen and oxygen atoms in total. The van der Waals surface area contributed by atoms with Gasteiger partial charge in [0.05, 0.1) is 9.20 Å². The second-order valence-electron chi connectivity index (χ2n) is 7.17. The van der Waals surface area contributed by atoms with Gasteiger partial charge >= 0.3 is 0 Å². The normalized spacial score (nSPS) is 21.1. The second-order valence-corrected chi connectivity index (χ2v) is 11.8. The Balaban J connectivity index is 1.72. The van der Waals surface area contributed by atoms with Gasteiger partial charge in [0, 0.05) is 19.6 Å². The molecule has 1 amide bonds. The van der Waals surface area contributed by atoms with Gasteiger partial charge in [0.2, 0.25) is 5.91 Å². The number of benzene rings is 1. The summed E-state index contributed by atoms with van der Waals surface area (Å²) in [5.74, 6) is -0.0991. The Hall–Kier alpha value is -1.22.